The minimum absolute atomic E-state index is 0.128. The number of hydrogen-bond acceptors (Lipinski definition) is 4. The molecule has 0 spiro atoms. The fourth-order valence-electron chi connectivity index (χ4n) is 1.89. The van der Waals surface area contributed by atoms with Crippen molar-refractivity contribution in [1.82, 2.24) is 0 Å². The highest BCUT2D eigenvalue weighted by Gasteiger charge is 2.22. The van der Waals surface area contributed by atoms with E-state index in [4.69, 9.17) is 9.47 Å². The van der Waals surface area contributed by atoms with Gasteiger partial charge in [0.2, 0.25) is 0 Å². The Labute approximate surface area is 101 Å². The maximum atomic E-state index is 9.78. The van der Waals surface area contributed by atoms with Crippen LogP contribution in [0.4, 0.5) is 0 Å². The molecule has 3 atom stereocenters. The first-order valence-electron chi connectivity index (χ1n) is 5.90. The number of aliphatic hydroxyl groups excluding tert-OH is 2. The van der Waals surface area contributed by atoms with Crippen molar-refractivity contribution in [3.63, 3.8) is 0 Å². The Hall–Kier alpha value is -0.940. The summed E-state index contributed by atoms with van der Waals surface area (Å²) in [4.78, 5) is 0. The largest absolute Gasteiger partial charge is 0.393 e. The lowest BCUT2D eigenvalue weighted by Gasteiger charge is -2.27. The van der Waals surface area contributed by atoms with Gasteiger partial charge in [0.25, 0.3) is 0 Å². The molecule has 0 bridgehead atoms. The number of rotatable bonds is 4. The van der Waals surface area contributed by atoms with Crippen LogP contribution in [0.25, 0.3) is 0 Å². The van der Waals surface area contributed by atoms with Gasteiger partial charge in [0.05, 0.1) is 18.8 Å². The van der Waals surface area contributed by atoms with E-state index in [-0.39, 0.29) is 12.2 Å². The normalized spacial score (nSPS) is 26.7. The fraction of sp³-hybridized carbons (Fsp3) is 0.538. The lowest BCUT2D eigenvalue weighted by Crippen LogP contribution is -2.32. The van der Waals surface area contributed by atoms with Crippen LogP contribution in [0.3, 0.4) is 0 Å². The van der Waals surface area contributed by atoms with Crippen LogP contribution in [0.5, 0.6) is 0 Å². The fourth-order valence-corrected chi connectivity index (χ4v) is 1.89. The molecule has 0 amide bonds. The van der Waals surface area contributed by atoms with Gasteiger partial charge in [0.1, 0.15) is 0 Å². The molecule has 4 heteroatoms. The second kappa shape index (κ2) is 6.12. The van der Waals surface area contributed by atoms with Crippen LogP contribution in [-0.2, 0) is 9.47 Å². The van der Waals surface area contributed by atoms with Crippen molar-refractivity contribution in [1.29, 1.82) is 0 Å². The van der Waals surface area contributed by atoms with Crippen LogP contribution in [0.15, 0.2) is 30.3 Å². The number of ether oxygens (including phenoxy) is 2. The van der Waals surface area contributed by atoms with Crippen molar-refractivity contribution in [2.75, 3.05) is 13.2 Å². The molecular formula is C13H18O4. The van der Waals surface area contributed by atoms with Gasteiger partial charge in [0.15, 0.2) is 6.29 Å². The quantitative estimate of drug-likeness (QED) is 0.775. The smallest absolute Gasteiger partial charge is 0.181 e. The summed E-state index contributed by atoms with van der Waals surface area (Å²) < 4.78 is 10.8. The molecule has 1 saturated heterocycles. The maximum Gasteiger partial charge on any atom is 0.181 e. The van der Waals surface area contributed by atoms with E-state index in [0.29, 0.717) is 26.1 Å². The molecule has 1 heterocycles. The molecule has 2 rings (SSSR count). The van der Waals surface area contributed by atoms with Crippen molar-refractivity contribution in [2.24, 2.45) is 0 Å². The van der Waals surface area contributed by atoms with Gasteiger partial charge in [-0.15, -0.1) is 0 Å². The van der Waals surface area contributed by atoms with Crippen LogP contribution in [0.1, 0.15) is 24.7 Å². The van der Waals surface area contributed by atoms with Crippen LogP contribution in [0.2, 0.25) is 0 Å². The first kappa shape index (κ1) is 12.5. The molecule has 0 aromatic heterocycles. The zero-order chi connectivity index (χ0) is 12.1. The third-order valence-corrected chi connectivity index (χ3v) is 2.86. The summed E-state index contributed by atoms with van der Waals surface area (Å²) in [5.41, 5.74) is 0.726. The van der Waals surface area contributed by atoms with E-state index < -0.39 is 6.29 Å². The first-order valence-corrected chi connectivity index (χ1v) is 5.90. The van der Waals surface area contributed by atoms with Crippen LogP contribution < -0.4 is 0 Å². The summed E-state index contributed by atoms with van der Waals surface area (Å²) in [5.74, 6) is 0. The van der Waals surface area contributed by atoms with Gasteiger partial charge < -0.3 is 19.7 Å². The molecule has 4 nitrogen and oxygen atoms in total. The third-order valence-electron chi connectivity index (χ3n) is 2.86. The summed E-state index contributed by atoms with van der Waals surface area (Å²) in [6, 6.07) is 9.20. The predicted octanol–water partition coefficient (Wildman–Crippen LogP) is 1.23. The Morgan fingerprint density at radius 1 is 1.35 bits per heavy atom. The van der Waals surface area contributed by atoms with Gasteiger partial charge in [-0.1, -0.05) is 30.3 Å². The Balaban J connectivity index is 1.78. The van der Waals surface area contributed by atoms with Gasteiger partial charge in [-0.25, -0.2) is 0 Å². The first-order chi connectivity index (χ1) is 8.25. The maximum absolute atomic E-state index is 9.78. The lowest BCUT2D eigenvalue weighted by molar-refractivity contribution is -0.150. The Morgan fingerprint density at radius 2 is 2.12 bits per heavy atom. The molecular weight excluding hydrogens is 220 g/mol. The molecule has 1 aromatic rings. The van der Waals surface area contributed by atoms with E-state index >= 15 is 0 Å². The van der Waals surface area contributed by atoms with Gasteiger partial charge in [0, 0.05) is 18.6 Å². The predicted molar refractivity (Wildman–Crippen MR) is 62.3 cm³/mol. The van der Waals surface area contributed by atoms with E-state index in [1.165, 1.54) is 0 Å². The summed E-state index contributed by atoms with van der Waals surface area (Å²) in [6.07, 6.45) is -0.124. The number of benzene rings is 1. The second-order valence-electron chi connectivity index (χ2n) is 4.27. The molecule has 0 saturated carbocycles. The summed E-state index contributed by atoms with van der Waals surface area (Å²) >= 11 is 0. The van der Waals surface area contributed by atoms with E-state index in [1.54, 1.807) is 12.1 Å². The molecule has 1 aliphatic heterocycles. The molecule has 0 radical (unpaired) electrons. The van der Waals surface area contributed by atoms with Crippen LogP contribution in [0, 0.1) is 0 Å². The van der Waals surface area contributed by atoms with Crippen molar-refractivity contribution >= 4 is 0 Å². The Kier molecular flexibility index (Phi) is 4.50. The van der Waals surface area contributed by atoms with Crippen molar-refractivity contribution < 1.29 is 19.7 Å². The monoisotopic (exact) mass is 238 g/mol. The molecule has 0 aliphatic carbocycles. The summed E-state index contributed by atoms with van der Waals surface area (Å²) in [7, 11) is 0. The summed E-state index contributed by atoms with van der Waals surface area (Å²) in [6.45, 7) is 0.851. The van der Waals surface area contributed by atoms with Crippen LogP contribution in [-0.4, -0.2) is 35.6 Å². The van der Waals surface area contributed by atoms with Crippen molar-refractivity contribution in [3.05, 3.63) is 35.9 Å². The Bertz CT molecular complexity index is 327. The van der Waals surface area contributed by atoms with Gasteiger partial charge in [-0.05, 0) is 6.42 Å². The lowest BCUT2D eigenvalue weighted by atomic mass is 10.1. The molecule has 2 N–H and O–H groups in total. The number of hydrogen-bond donors (Lipinski definition) is 2. The van der Waals surface area contributed by atoms with Crippen molar-refractivity contribution in [3.8, 4) is 0 Å². The minimum atomic E-state index is -0.932. The zero-order valence-electron chi connectivity index (χ0n) is 9.66. The van der Waals surface area contributed by atoms with E-state index in [2.05, 4.69) is 0 Å². The Morgan fingerprint density at radius 3 is 2.82 bits per heavy atom. The highest BCUT2D eigenvalue weighted by molar-refractivity contribution is 5.15. The molecule has 94 valence electrons. The summed E-state index contributed by atoms with van der Waals surface area (Å²) in [5, 5.41) is 19.2. The van der Waals surface area contributed by atoms with Gasteiger partial charge in [-0.3, -0.25) is 0 Å². The molecule has 17 heavy (non-hydrogen) atoms. The third kappa shape index (κ3) is 3.78. The van der Waals surface area contributed by atoms with Crippen molar-refractivity contribution in [2.45, 2.75) is 31.3 Å². The average Bonchev–Trinajstić information content (AvgIpc) is 2.37. The zero-order valence-corrected chi connectivity index (χ0v) is 9.66. The second-order valence-corrected chi connectivity index (χ2v) is 4.27. The number of aliphatic hydroxyl groups is 2. The highest BCUT2D eigenvalue weighted by atomic mass is 16.6. The van der Waals surface area contributed by atoms with E-state index in [9.17, 15) is 10.2 Å². The van der Waals surface area contributed by atoms with Gasteiger partial charge in [-0.2, -0.15) is 0 Å². The molecule has 3 unspecified atom stereocenters. The highest BCUT2D eigenvalue weighted by Crippen LogP contribution is 2.18. The molecule has 1 aromatic carbocycles. The topological polar surface area (TPSA) is 58.9 Å². The SMILES string of the molecule is OC1CCOC(COC(O)c2ccccc2)C1. The standard InChI is InChI=1S/C13H18O4/c14-11-6-7-16-12(8-11)9-17-13(15)10-4-2-1-3-5-10/h1-5,11-15H,6-9H2. The van der Waals surface area contributed by atoms with E-state index in [0.717, 1.165) is 5.56 Å². The van der Waals surface area contributed by atoms with E-state index in [1.807, 2.05) is 18.2 Å². The molecule has 1 aliphatic rings. The minimum Gasteiger partial charge on any atom is -0.393 e. The van der Waals surface area contributed by atoms with Crippen LogP contribution >= 0.6 is 0 Å². The van der Waals surface area contributed by atoms with Gasteiger partial charge >= 0.3 is 0 Å². The molecule has 1 fully saturated rings. The average molecular weight is 238 g/mol.